The molecule has 2 rings (SSSR count). The molecule has 3 nitrogen and oxygen atoms in total. The molecule has 19 heavy (non-hydrogen) atoms. The van der Waals surface area contributed by atoms with Gasteiger partial charge >= 0.3 is 0 Å². The fourth-order valence-corrected chi connectivity index (χ4v) is 1.92. The van der Waals surface area contributed by atoms with Crippen LogP contribution in [0.4, 0.5) is 0 Å². The van der Waals surface area contributed by atoms with Gasteiger partial charge in [0.25, 0.3) is 0 Å². The first kappa shape index (κ1) is 13.3. The van der Waals surface area contributed by atoms with Gasteiger partial charge in [-0.15, -0.1) is 0 Å². The largest absolute Gasteiger partial charge is 0.374 e. The van der Waals surface area contributed by atoms with Gasteiger partial charge in [-0.3, -0.25) is 0 Å². The molecule has 0 saturated heterocycles. The molecule has 0 aliphatic rings. The summed E-state index contributed by atoms with van der Waals surface area (Å²) in [5, 5.41) is 8.72. The molecule has 1 atom stereocenters. The normalized spacial score (nSPS) is 11.8. The van der Waals surface area contributed by atoms with Crippen molar-refractivity contribution in [2.24, 2.45) is 0 Å². The van der Waals surface area contributed by atoms with E-state index in [-0.39, 0.29) is 6.10 Å². The van der Waals surface area contributed by atoms with E-state index in [1.165, 1.54) is 0 Å². The van der Waals surface area contributed by atoms with Gasteiger partial charge in [0.1, 0.15) is 11.8 Å². The topological polar surface area (TPSA) is 45.9 Å². The zero-order valence-electron chi connectivity index (χ0n) is 11.1. The number of aromatic nitrogens is 1. The van der Waals surface area contributed by atoms with E-state index in [9.17, 15) is 0 Å². The van der Waals surface area contributed by atoms with E-state index < -0.39 is 0 Å². The fraction of sp³-hybridized carbons (Fsp3) is 0.250. The zero-order chi connectivity index (χ0) is 13.7. The molecule has 0 spiro atoms. The molecule has 0 N–H and O–H groups in total. The number of benzene rings is 1. The molecule has 0 saturated carbocycles. The molecule has 0 amide bonds. The Balaban J connectivity index is 2.20. The van der Waals surface area contributed by atoms with Crippen molar-refractivity contribution in [3.05, 3.63) is 53.9 Å². The Morgan fingerprint density at radius 1 is 1.16 bits per heavy atom. The molecule has 0 unspecified atom stereocenters. The van der Waals surface area contributed by atoms with Crippen LogP contribution in [-0.2, 0) is 4.74 Å². The van der Waals surface area contributed by atoms with E-state index in [0.29, 0.717) is 12.3 Å². The van der Waals surface area contributed by atoms with E-state index >= 15 is 0 Å². The summed E-state index contributed by atoms with van der Waals surface area (Å²) in [6, 6.07) is 13.9. The zero-order valence-corrected chi connectivity index (χ0v) is 11.1. The van der Waals surface area contributed by atoms with Gasteiger partial charge in [-0.25, -0.2) is 4.98 Å². The van der Waals surface area contributed by atoms with Crippen LogP contribution in [-0.4, -0.2) is 11.6 Å². The lowest BCUT2D eigenvalue weighted by Gasteiger charge is -2.12. The van der Waals surface area contributed by atoms with Crippen LogP contribution in [0.2, 0.25) is 0 Å². The van der Waals surface area contributed by atoms with Crippen LogP contribution >= 0.6 is 0 Å². The van der Waals surface area contributed by atoms with E-state index in [2.05, 4.69) is 17.1 Å². The fourth-order valence-electron chi connectivity index (χ4n) is 1.92. The first-order chi connectivity index (χ1) is 9.24. The van der Waals surface area contributed by atoms with E-state index in [4.69, 9.17) is 10.00 Å². The maximum Gasteiger partial charge on any atom is 0.140 e. The van der Waals surface area contributed by atoms with E-state index in [1.54, 1.807) is 12.3 Å². The Morgan fingerprint density at radius 3 is 2.37 bits per heavy atom. The van der Waals surface area contributed by atoms with Crippen molar-refractivity contribution in [2.75, 3.05) is 6.61 Å². The van der Waals surface area contributed by atoms with Crippen molar-refractivity contribution in [1.82, 2.24) is 4.98 Å². The Bertz CT molecular complexity index is 567. The molecule has 0 aliphatic carbocycles. The van der Waals surface area contributed by atoms with Gasteiger partial charge in [0.2, 0.25) is 0 Å². The summed E-state index contributed by atoms with van der Waals surface area (Å²) in [6.45, 7) is 4.75. The second kappa shape index (κ2) is 6.12. The Labute approximate surface area is 113 Å². The maximum absolute atomic E-state index is 8.72. The van der Waals surface area contributed by atoms with E-state index in [1.807, 2.05) is 38.1 Å². The molecular formula is C16H16N2O. The Morgan fingerprint density at radius 2 is 1.84 bits per heavy atom. The molecular weight excluding hydrogens is 236 g/mol. The van der Waals surface area contributed by atoms with Crippen molar-refractivity contribution in [1.29, 1.82) is 5.26 Å². The number of rotatable bonds is 4. The monoisotopic (exact) mass is 252 g/mol. The molecule has 1 heterocycles. The SMILES string of the molecule is CCO[C@H](C)c1ccc(-c2ccc(C#N)nc2)cc1. The van der Waals surface area contributed by atoms with Crippen molar-refractivity contribution >= 4 is 0 Å². The minimum atomic E-state index is 0.109. The lowest BCUT2D eigenvalue weighted by Crippen LogP contribution is -1.98. The van der Waals surface area contributed by atoms with Gasteiger partial charge < -0.3 is 4.74 Å². The average Bonchev–Trinajstić information content (AvgIpc) is 2.48. The van der Waals surface area contributed by atoms with Crippen molar-refractivity contribution in [3.63, 3.8) is 0 Å². The van der Waals surface area contributed by atoms with Crippen LogP contribution in [0.3, 0.4) is 0 Å². The van der Waals surface area contributed by atoms with Gasteiger partial charge in [0, 0.05) is 18.4 Å². The molecule has 2 aromatic rings. The van der Waals surface area contributed by atoms with Crippen molar-refractivity contribution in [2.45, 2.75) is 20.0 Å². The molecule has 96 valence electrons. The van der Waals surface area contributed by atoms with Gasteiger partial charge in [-0.2, -0.15) is 5.26 Å². The molecule has 3 heteroatoms. The summed E-state index contributed by atoms with van der Waals surface area (Å²) in [6.07, 6.45) is 1.83. The Kier molecular flexibility index (Phi) is 4.27. The number of nitriles is 1. The van der Waals surface area contributed by atoms with Gasteiger partial charge in [0.15, 0.2) is 0 Å². The van der Waals surface area contributed by atoms with Crippen LogP contribution in [0.5, 0.6) is 0 Å². The minimum absolute atomic E-state index is 0.109. The van der Waals surface area contributed by atoms with Crippen LogP contribution in [0.25, 0.3) is 11.1 Å². The molecule has 1 aromatic heterocycles. The van der Waals surface area contributed by atoms with Crippen LogP contribution in [0.1, 0.15) is 31.2 Å². The lowest BCUT2D eigenvalue weighted by atomic mass is 10.0. The van der Waals surface area contributed by atoms with Crippen LogP contribution in [0, 0.1) is 11.3 Å². The minimum Gasteiger partial charge on any atom is -0.374 e. The summed E-state index contributed by atoms with van der Waals surface area (Å²) < 4.78 is 5.56. The number of ether oxygens (including phenoxy) is 1. The number of pyridine rings is 1. The van der Waals surface area contributed by atoms with Crippen LogP contribution in [0.15, 0.2) is 42.6 Å². The third-order valence-electron chi connectivity index (χ3n) is 3.01. The smallest absolute Gasteiger partial charge is 0.140 e. The average molecular weight is 252 g/mol. The lowest BCUT2D eigenvalue weighted by molar-refractivity contribution is 0.0764. The van der Waals surface area contributed by atoms with Crippen molar-refractivity contribution < 1.29 is 4.74 Å². The summed E-state index contributed by atoms with van der Waals surface area (Å²) in [5.74, 6) is 0. The summed E-state index contributed by atoms with van der Waals surface area (Å²) >= 11 is 0. The highest BCUT2D eigenvalue weighted by molar-refractivity contribution is 5.63. The maximum atomic E-state index is 8.72. The highest BCUT2D eigenvalue weighted by Gasteiger charge is 2.05. The molecule has 0 bridgehead atoms. The number of nitrogens with zero attached hydrogens (tertiary/aromatic N) is 2. The number of hydrogen-bond donors (Lipinski definition) is 0. The number of hydrogen-bond acceptors (Lipinski definition) is 3. The quantitative estimate of drug-likeness (QED) is 0.833. The first-order valence-corrected chi connectivity index (χ1v) is 6.32. The van der Waals surface area contributed by atoms with Crippen LogP contribution < -0.4 is 0 Å². The molecule has 1 aromatic carbocycles. The third-order valence-corrected chi connectivity index (χ3v) is 3.01. The first-order valence-electron chi connectivity index (χ1n) is 6.32. The highest BCUT2D eigenvalue weighted by atomic mass is 16.5. The summed E-state index contributed by atoms with van der Waals surface area (Å²) in [7, 11) is 0. The Hall–Kier alpha value is -2.18. The predicted octanol–water partition coefficient (Wildman–Crippen LogP) is 3.72. The summed E-state index contributed by atoms with van der Waals surface area (Å²) in [4.78, 5) is 4.07. The molecule has 0 aliphatic heterocycles. The summed E-state index contributed by atoms with van der Waals surface area (Å²) in [5.41, 5.74) is 3.69. The standard InChI is InChI=1S/C16H16N2O/c1-3-19-12(2)13-4-6-14(7-5-13)15-8-9-16(10-17)18-11-15/h4-9,11-12H,3H2,1-2H3/t12-/m1/s1. The third kappa shape index (κ3) is 3.18. The van der Waals surface area contributed by atoms with Gasteiger partial charge in [-0.1, -0.05) is 24.3 Å². The second-order valence-corrected chi connectivity index (χ2v) is 4.26. The molecule has 0 radical (unpaired) electrons. The predicted molar refractivity (Wildman–Crippen MR) is 74.4 cm³/mol. The highest BCUT2D eigenvalue weighted by Crippen LogP contribution is 2.22. The van der Waals surface area contributed by atoms with E-state index in [0.717, 1.165) is 16.7 Å². The van der Waals surface area contributed by atoms with Gasteiger partial charge in [-0.05, 0) is 37.1 Å². The van der Waals surface area contributed by atoms with Crippen molar-refractivity contribution in [3.8, 4) is 17.2 Å². The van der Waals surface area contributed by atoms with Gasteiger partial charge in [0.05, 0.1) is 6.10 Å². The second-order valence-electron chi connectivity index (χ2n) is 4.26. The molecule has 0 fully saturated rings.